The van der Waals surface area contributed by atoms with Gasteiger partial charge in [0.1, 0.15) is 12.4 Å². The number of thiocarbonyl (C=S) groups is 1. The van der Waals surface area contributed by atoms with Crippen molar-refractivity contribution >= 4 is 63.2 Å². The van der Waals surface area contributed by atoms with Crippen LogP contribution in [0.3, 0.4) is 0 Å². The molecule has 1 aliphatic rings. The van der Waals surface area contributed by atoms with Crippen LogP contribution in [-0.4, -0.2) is 26.1 Å². The number of hydrogen-bond acceptors (Lipinski definition) is 8. The number of nitrogens with zero attached hydrogens (tertiary/aromatic N) is 2. The summed E-state index contributed by atoms with van der Waals surface area (Å²) in [5, 5.41) is 13.6. The highest BCUT2D eigenvalue weighted by molar-refractivity contribution is 8.26. The highest BCUT2D eigenvalue weighted by atomic mass is 32.2. The van der Waals surface area contributed by atoms with Crippen molar-refractivity contribution in [2.24, 2.45) is 0 Å². The zero-order chi connectivity index (χ0) is 23.4. The van der Waals surface area contributed by atoms with Crippen molar-refractivity contribution in [3.05, 3.63) is 97.1 Å². The maximum atomic E-state index is 12.7. The van der Waals surface area contributed by atoms with Gasteiger partial charge in [-0.15, -0.1) is 11.3 Å². The highest BCUT2D eigenvalue weighted by Gasteiger charge is 2.33. The molecule has 166 valence electrons. The summed E-state index contributed by atoms with van der Waals surface area (Å²) in [6.45, 7) is 0.264. The molecule has 1 fully saturated rings. The minimum Gasteiger partial charge on any atom is -0.489 e. The SMILES string of the molecule is O=C(NN1C(=O)/C(=C\c2ccc(OCc3ccc([N+](=O)[O-])cc3)cc2)SC1=S)c1cccs1. The van der Waals surface area contributed by atoms with E-state index in [1.807, 2.05) is 0 Å². The van der Waals surface area contributed by atoms with Crippen LogP contribution in [0.5, 0.6) is 5.75 Å². The van der Waals surface area contributed by atoms with Gasteiger partial charge >= 0.3 is 0 Å². The van der Waals surface area contributed by atoms with E-state index < -0.39 is 16.7 Å². The van der Waals surface area contributed by atoms with Crippen LogP contribution in [-0.2, 0) is 11.4 Å². The number of nitro groups is 1. The van der Waals surface area contributed by atoms with Crippen LogP contribution >= 0.6 is 35.3 Å². The molecule has 1 aliphatic heterocycles. The number of amides is 2. The van der Waals surface area contributed by atoms with Gasteiger partial charge in [-0.3, -0.25) is 25.1 Å². The number of benzene rings is 2. The number of rotatable bonds is 7. The van der Waals surface area contributed by atoms with Crippen LogP contribution in [0.25, 0.3) is 6.08 Å². The maximum absolute atomic E-state index is 12.7. The summed E-state index contributed by atoms with van der Waals surface area (Å²) in [5.41, 5.74) is 4.14. The van der Waals surface area contributed by atoms with E-state index in [2.05, 4.69) is 5.43 Å². The zero-order valence-electron chi connectivity index (χ0n) is 16.8. The average molecular weight is 498 g/mol. The molecule has 1 saturated heterocycles. The van der Waals surface area contributed by atoms with Gasteiger partial charge in [-0.2, -0.15) is 5.01 Å². The molecule has 0 atom stereocenters. The van der Waals surface area contributed by atoms with Gasteiger partial charge in [0.25, 0.3) is 17.5 Å². The van der Waals surface area contributed by atoms with Crippen LogP contribution in [0.15, 0.2) is 70.9 Å². The molecule has 4 rings (SSSR count). The minimum atomic E-state index is -0.450. The Hall–Kier alpha value is -3.54. The molecule has 8 nitrogen and oxygen atoms in total. The second-order valence-electron chi connectivity index (χ2n) is 6.72. The second kappa shape index (κ2) is 9.94. The lowest BCUT2D eigenvalue weighted by Crippen LogP contribution is -2.44. The Morgan fingerprint density at radius 2 is 1.88 bits per heavy atom. The topological polar surface area (TPSA) is 102 Å². The zero-order valence-corrected chi connectivity index (χ0v) is 19.2. The van der Waals surface area contributed by atoms with E-state index in [-0.39, 0.29) is 16.6 Å². The Kier molecular flexibility index (Phi) is 6.82. The van der Waals surface area contributed by atoms with E-state index in [9.17, 15) is 19.7 Å². The molecule has 1 N–H and O–H groups in total. The molecule has 0 aliphatic carbocycles. The highest BCUT2D eigenvalue weighted by Crippen LogP contribution is 2.32. The molecule has 2 aromatic carbocycles. The summed E-state index contributed by atoms with van der Waals surface area (Å²) in [5.74, 6) is -0.174. The molecule has 2 heterocycles. The lowest BCUT2D eigenvalue weighted by Gasteiger charge is -2.14. The first-order valence-corrected chi connectivity index (χ1v) is 11.6. The molecular weight excluding hydrogens is 482 g/mol. The average Bonchev–Trinajstić information content (AvgIpc) is 3.44. The van der Waals surface area contributed by atoms with Gasteiger partial charge in [0.15, 0.2) is 4.32 Å². The summed E-state index contributed by atoms with van der Waals surface area (Å²) >= 11 is 7.62. The van der Waals surface area contributed by atoms with Crippen LogP contribution in [0, 0.1) is 10.1 Å². The van der Waals surface area contributed by atoms with Gasteiger partial charge in [-0.05, 0) is 65.1 Å². The number of carbonyl (C=O) groups is 2. The summed E-state index contributed by atoms with van der Waals surface area (Å²) in [4.78, 5) is 36.1. The van der Waals surface area contributed by atoms with Crippen molar-refractivity contribution in [2.75, 3.05) is 0 Å². The van der Waals surface area contributed by atoms with Crippen LogP contribution in [0.2, 0.25) is 0 Å². The van der Waals surface area contributed by atoms with E-state index in [1.54, 1.807) is 60.0 Å². The molecule has 0 radical (unpaired) electrons. The predicted molar refractivity (Wildman–Crippen MR) is 131 cm³/mol. The van der Waals surface area contributed by atoms with Crippen molar-refractivity contribution in [3.63, 3.8) is 0 Å². The number of thiophene rings is 1. The number of thioether (sulfide) groups is 1. The van der Waals surface area contributed by atoms with Crippen LogP contribution < -0.4 is 10.2 Å². The molecule has 33 heavy (non-hydrogen) atoms. The molecule has 0 saturated carbocycles. The van der Waals surface area contributed by atoms with Gasteiger partial charge in [0.2, 0.25) is 0 Å². The number of nitro benzene ring substituents is 1. The van der Waals surface area contributed by atoms with E-state index in [0.29, 0.717) is 15.5 Å². The Morgan fingerprint density at radius 3 is 2.52 bits per heavy atom. The maximum Gasteiger partial charge on any atom is 0.285 e. The normalized spacial score (nSPS) is 14.5. The fraction of sp³-hybridized carbons (Fsp3) is 0.0455. The van der Waals surface area contributed by atoms with Crippen molar-refractivity contribution < 1.29 is 19.2 Å². The van der Waals surface area contributed by atoms with Gasteiger partial charge in [-0.25, -0.2) is 0 Å². The summed E-state index contributed by atoms with van der Waals surface area (Å²) in [7, 11) is 0. The Balaban J connectivity index is 1.37. The van der Waals surface area contributed by atoms with Gasteiger partial charge in [-0.1, -0.05) is 30.0 Å². The van der Waals surface area contributed by atoms with Crippen molar-refractivity contribution in [1.29, 1.82) is 0 Å². The smallest absolute Gasteiger partial charge is 0.285 e. The number of hydrazine groups is 1. The number of ether oxygens (including phenoxy) is 1. The lowest BCUT2D eigenvalue weighted by molar-refractivity contribution is -0.384. The first kappa shape index (κ1) is 22.6. The molecule has 2 amide bonds. The Bertz CT molecular complexity index is 1240. The van der Waals surface area contributed by atoms with Crippen LogP contribution in [0.1, 0.15) is 20.8 Å². The van der Waals surface area contributed by atoms with Gasteiger partial charge in [0, 0.05) is 12.1 Å². The Labute approximate surface area is 202 Å². The van der Waals surface area contributed by atoms with Crippen molar-refractivity contribution in [1.82, 2.24) is 10.4 Å². The molecule has 3 aromatic rings. The third kappa shape index (κ3) is 5.45. The quantitative estimate of drug-likeness (QED) is 0.217. The molecule has 1 aromatic heterocycles. The minimum absolute atomic E-state index is 0.0274. The monoisotopic (exact) mass is 497 g/mol. The molecular formula is C22H15N3O5S3. The lowest BCUT2D eigenvalue weighted by atomic mass is 10.2. The fourth-order valence-corrected chi connectivity index (χ4v) is 4.61. The van der Waals surface area contributed by atoms with Gasteiger partial charge < -0.3 is 4.74 Å². The second-order valence-corrected chi connectivity index (χ2v) is 9.34. The number of nitrogens with one attached hydrogen (secondary N) is 1. The van der Waals surface area contributed by atoms with Crippen molar-refractivity contribution in [3.8, 4) is 5.75 Å². The number of non-ortho nitro benzene ring substituents is 1. The first-order valence-electron chi connectivity index (χ1n) is 9.49. The van der Waals surface area contributed by atoms with E-state index >= 15 is 0 Å². The van der Waals surface area contributed by atoms with Gasteiger partial charge in [0.05, 0.1) is 14.7 Å². The summed E-state index contributed by atoms with van der Waals surface area (Å²) in [6.07, 6.45) is 1.69. The predicted octanol–water partition coefficient (Wildman–Crippen LogP) is 4.78. The Morgan fingerprint density at radius 1 is 1.15 bits per heavy atom. The van der Waals surface area contributed by atoms with E-state index in [0.717, 1.165) is 27.9 Å². The number of carbonyl (C=O) groups excluding carboxylic acids is 2. The molecule has 11 heteroatoms. The fourth-order valence-electron chi connectivity index (χ4n) is 2.82. The largest absolute Gasteiger partial charge is 0.489 e. The van der Waals surface area contributed by atoms with E-state index in [4.69, 9.17) is 17.0 Å². The van der Waals surface area contributed by atoms with E-state index in [1.165, 1.54) is 23.5 Å². The summed E-state index contributed by atoms with van der Waals surface area (Å²) < 4.78 is 5.96. The standard InChI is InChI=1S/C22H15N3O5S3/c26-20(18-2-1-11-32-18)23-24-21(27)19(33-22(24)31)12-14-5-9-17(10-6-14)30-13-15-3-7-16(8-4-15)25(28)29/h1-12H,13H2,(H,23,26)/b19-12+. The third-order valence-corrected chi connectivity index (χ3v) is 6.65. The summed E-state index contributed by atoms with van der Waals surface area (Å²) in [6, 6.07) is 16.7. The van der Waals surface area contributed by atoms with Crippen molar-refractivity contribution in [2.45, 2.75) is 6.61 Å². The first-order chi connectivity index (χ1) is 15.9. The molecule has 0 spiro atoms. The van der Waals surface area contributed by atoms with Crippen LogP contribution in [0.4, 0.5) is 5.69 Å². The third-order valence-electron chi connectivity index (χ3n) is 4.48. The molecule has 0 bridgehead atoms. The molecule has 0 unspecified atom stereocenters. The number of hydrogen-bond donors (Lipinski definition) is 1.